The van der Waals surface area contributed by atoms with E-state index < -0.39 is 11.8 Å². The maximum Gasteiger partial charge on any atom is 0.282 e. The summed E-state index contributed by atoms with van der Waals surface area (Å²) in [5, 5.41) is 1.73. The van der Waals surface area contributed by atoms with Crippen LogP contribution in [-0.2, 0) is 9.59 Å². The Morgan fingerprint density at radius 3 is 2.32 bits per heavy atom. The van der Waals surface area contributed by atoms with Crippen LogP contribution < -0.4 is 19.9 Å². The van der Waals surface area contributed by atoms with Crippen LogP contribution in [0.2, 0.25) is 5.02 Å². The molecule has 1 fully saturated rings. The van der Waals surface area contributed by atoms with E-state index in [1.165, 1.54) is 25.3 Å². The number of rotatable bonds is 4. The largest absolute Gasteiger partial charge is 0.493 e. The van der Waals surface area contributed by atoms with Gasteiger partial charge in [0, 0.05) is 5.02 Å². The Kier molecular flexibility index (Phi) is 4.63. The van der Waals surface area contributed by atoms with Crippen LogP contribution in [-0.4, -0.2) is 26.0 Å². The van der Waals surface area contributed by atoms with Crippen LogP contribution in [0.5, 0.6) is 11.5 Å². The zero-order valence-corrected chi connectivity index (χ0v) is 14.3. The van der Waals surface area contributed by atoms with Crippen molar-refractivity contribution in [2.75, 3.05) is 19.2 Å². The zero-order chi connectivity index (χ0) is 18.0. The number of carbonyl (C=O) groups is 2. The number of anilines is 1. The maximum atomic E-state index is 12.6. The first-order valence-corrected chi connectivity index (χ1v) is 7.76. The van der Waals surface area contributed by atoms with Gasteiger partial charge in [-0.1, -0.05) is 17.7 Å². The highest BCUT2D eigenvalue weighted by Gasteiger charge is 2.34. The van der Waals surface area contributed by atoms with E-state index in [0.717, 1.165) is 0 Å². The molecule has 1 saturated heterocycles. The first kappa shape index (κ1) is 16.9. The molecule has 7 heteroatoms. The van der Waals surface area contributed by atoms with Crippen molar-refractivity contribution in [1.29, 1.82) is 0 Å². The quantitative estimate of drug-likeness (QED) is 0.674. The van der Waals surface area contributed by atoms with E-state index in [0.29, 0.717) is 27.8 Å². The van der Waals surface area contributed by atoms with Gasteiger partial charge < -0.3 is 9.47 Å². The Balaban J connectivity index is 1.92. The number of methoxy groups -OCH3 is 2. The van der Waals surface area contributed by atoms with Gasteiger partial charge in [-0.05, 0) is 48.0 Å². The van der Waals surface area contributed by atoms with Crippen LogP contribution in [0, 0.1) is 0 Å². The number of hydrogen-bond acceptors (Lipinski definition) is 4. The Bertz CT molecular complexity index is 862. The maximum absolute atomic E-state index is 12.6. The lowest BCUT2D eigenvalue weighted by molar-refractivity contribution is -0.117. The summed E-state index contributed by atoms with van der Waals surface area (Å²) >= 11 is 5.85. The molecule has 0 aliphatic carbocycles. The van der Waals surface area contributed by atoms with Crippen LogP contribution in [0.25, 0.3) is 6.08 Å². The third-order valence-electron chi connectivity index (χ3n) is 3.69. The summed E-state index contributed by atoms with van der Waals surface area (Å²) in [5.41, 5.74) is 3.74. The second kappa shape index (κ2) is 6.86. The summed E-state index contributed by atoms with van der Waals surface area (Å²) in [6.45, 7) is 0. The SMILES string of the molecule is COc1ccc(/C=C2\C(=O)NN(c3ccc(Cl)cc3)C2=O)cc1OC. The normalized spacial score (nSPS) is 15.5. The number of benzene rings is 2. The van der Waals surface area contributed by atoms with Gasteiger partial charge in [0.25, 0.3) is 11.8 Å². The van der Waals surface area contributed by atoms with Crippen LogP contribution in [0.1, 0.15) is 5.56 Å². The highest BCUT2D eigenvalue weighted by atomic mass is 35.5. The molecule has 1 heterocycles. The lowest BCUT2D eigenvalue weighted by Gasteiger charge is -2.14. The van der Waals surface area contributed by atoms with Crippen LogP contribution in [0.4, 0.5) is 5.69 Å². The number of halogens is 1. The minimum atomic E-state index is -0.477. The van der Waals surface area contributed by atoms with Gasteiger partial charge in [0.05, 0.1) is 19.9 Å². The van der Waals surface area contributed by atoms with E-state index in [1.54, 1.807) is 42.5 Å². The molecule has 1 aliphatic heterocycles. The van der Waals surface area contributed by atoms with E-state index in [9.17, 15) is 9.59 Å². The molecule has 1 aliphatic rings. The Morgan fingerprint density at radius 2 is 1.68 bits per heavy atom. The van der Waals surface area contributed by atoms with E-state index in [4.69, 9.17) is 21.1 Å². The smallest absolute Gasteiger partial charge is 0.282 e. The molecule has 2 amide bonds. The average molecular weight is 359 g/mol. The van der Waals surface area contributed by atoms with E-state index >= 15 is 0 Å². The van der Waals surface area contributed by atoms with Crippen molar-refractivity contribution >= 4 is 35.2 Å². The van der Waals surface area contributed by atoms with E-state index in [2.05, 4.69) is 5.43 Å². The lowest BCUT2D eigenvalue weighted by atomic mass is 10.1. The van der Waals surface area contributed by atoms with Gasteiger partial charge in [-0.15, -0.1) is 0 Å². The summed E-state index contributed by atoms with van der Waals surface area (Å²) in [4.78, 5) is 24.8. The number of ether oxygens (including phenoxy) is 2. The predicted molar refractivity (Wildman–Crippen MR) is 94.6 cm³/mol. The molecule has 0 bridgehead atoms. The van der Waals surface area contributed by atoms with Crippen LogP contribution >= 0.6 is 11.6 Å². The third-order valence-corrected chi connectivity index (χ3v) is 3.95. The topological polar surface area (TPSA) is 67.9 Å². The van der Waals surface area contributed by atoms with E-state index in [-0.39, 0.29) is 5.57 Å². The predicted octanol–water partition coefficient (Wildman–Crippen LogP) is 2.82. The number of nitrogens with one attached hydrogen (secondary N) is 1. The van der Waals surface area contributed by atoms with Crippen molar-refractivity contribution < 1.29 is 19.1 Å². The summed E-state index contributed by atoms with van der Waals surface area (Å²) in [6, 6.07) is 11.7. The first-order chi connectivity index (χ1) is 12.0. The first-order valence-electron chi connectivity index (χ1n) is 7.38. The number of amides is 2. The lowest BCUT2D eigenvalue weighted by Crippen LogP contribution is -2.35. The van der Waals surface area contributed by atoms with Crippen molar-refractivity contribution in [3.05, 3.63) is 58.6 Å². The number of carbonyl (C=O) groups excluding carboxylic acids is 2. The molecule has 128 valence electrons. The fourth-order valence-electron chi connectivity index (χ4n) is 2.44. The molecule has 0 aromatic heterocycles. The molecule has 3 rings (SSSR count). The molecule has 25 heavy (non-hydrogen) atoms. The molecule has 0 spiro atoms. The highest BCUT2D eigenvalue weighted by molar-refractivity contribution is 6.32. The van der Waals surface area contributed by atoms with Gasteiger partial charge in [-0.3, -0.25) is 15.0 Å². The number of hydrazine groups is 1. The van der Waals surface area contributed by atoms with Crippen LogP contribution in [0.15, 0.2) is 48.0 Å². The fraction of sp³-hybridized carbons (Fsp3) is 0.111. The molecular weight excluding hydrogens is 344 g/mol. The Labute approximate surface area is 149 Å². The minimum absolute atomic E-state index is 0.0298. The van der Waals surface area contributed by atoms with Crippen LogP contribution in [0.3, 0.4) is 0 Å². The summed E-state index contributed by atoms with van der Waals surface area (Å²) in [5.74, 6) is 0.156. The van der Waals surface area contributed by atoms with Crippen molar-refractivity contribution in [3.8, 4) is 11.5 Å². The second-order valence-corrected chi connectivity index (χ2v) is 5.67. The average Bonchev–Trinajstić information content (AvgIpc) is 2.90. The number of nitrogens with zero attached hydrogens (tertiary/aromatic N) is 1. The molecule has 1 N–H and O–H groups in total. The molecule has 0 radical (unpaired) electrons. The third kappa shape index (κ3) is 3.29. The molecule has 0 saturated carbocycles. The van der Waals surface area contributed by atoms with Crippen molar-refractivity contribution in [3.63, 3.8) is 0 Å². The van der Waals surface area contributed by atoms with Gasteiger partial charge >= 0.3 is 0 Å². The molecule has 0 unspecified atom stereocenters. The standard InChI is InChI=1S/C18H15ClN2O4/c1-24-15-8-3-11(10-16(15)25-2)9-14-17(22)20-21(18(14)23)13-6-4-12(19)5-7-13/h3-10H,1-2H3,(H,20,22)/b14-9+. The molecule has 2 aromatic rings. The Hall–Kier alpha value is -2.99. The van der Waals surface area contributed by atoms with Crippen molar-refractivity contribution in [2.24, 2.45) is 0 Å². The molecule has 0 atom stereocenters. The van der Waals surface area contributed by atoms with Gasteiger partial charge in [0.15, 0.2) is 11.5 Å². The zero-order valence-electron chi connectivity index (χ0n) is 13.6. The van der Waals surface area contributed by atoms with E-state index in [1.807, 2.05) is 0 Å². The number of hydrogen-bond donors (Lipinski definition) is 1. The second-order valence-electron chi connectivity index (χ2n) is 5.23. The van der Waals surface area contributed by atoms with Crippen molar-refractivity contribution in [2.45, 2.75) is 0 Å². The molecule has 6 nitrogen and oxygen atoms in total. The summed E-state index contributed by atoms with van der Waals surface area (Å²) in [7, 11) is 3.05. The summed E-state index contributed by atoms with van der Waals surface area (Å²) in [6.07, 6.45) is 1.51. The van der Waals surface area contributed by atoms with Gasteiger partial charge in [0.2, 0.25) is 0 Å². The minimum Gasteiger partial charge on any atom is -0.493 e. The van der Waals surface area contributed by atoms with Gasteiger partial charge in [-0.2, -0.15) is 0 Å². The van der Waals surface area contributed by atoms with Gasteiger partial charge in [-0.25, -0.2) is 5.01 Å². The van der Waals surface area contributed by atoms with Gasteiger partial charge in [0.1, 0.15) is 5.57 Å². The Morgan fingerprint density at radius 1 is 1.00 bits per heavy atom. The fourth-order valence-corrected chi connectivity index (χ4v) is 2.56. The molecule has 2 aromatic carbocycles. The monoisotopic (exact) mass is 358 g/mol. The highest BCUT2D eigenvalue weighted by Crippen LogP contribution is 2.29. The summed E-state index contributed by atoms with van der Waals surface area (Å²) < 4.78 is 10.4. The van der Waals surface area contributed by atoms with Crippen molar-refractivity contribution in [1.82, 2.24) is 5.43 Å². The molecular formula is C18H15ClN2O4.